The average Bonchev–Trinajstić information content (AvgIpc) is 3.00. The largest absolute Gasteiger partial charge is 0.445 e. The molecule has 1 atom stereocenters. The molecule has 136 valence electrons. The fraction of sp³-hybridized carbons (Fsp3) is 0.300. The van der Waals surface area contributed by atoms with Gasteiger partial charge in [0.1, 0.15) is 12.4 Å². The Morgan fingerprint density at radius 3 is 2.58 bits per heavy atom. The number of carbonyl (C=O) groups is 2. The van der Waals surface area contributed by atoms with Crippen molar-refractivity contribution in [3.63, 3.8) is 0 Å². The first-order valence-electron chi connectivity index (χ1n) is 8.57. The Kier molecular flexibility index (Phi) is 5.84. The number of rotatable bonds is 6. The van der Waals surface area contributed by atoms with Crippen molar-refractivity contribution in [2.75, 3.05) is 13.1 Å². The molecule has 0 radical (unpaired) electrons. The number of ether oxygens (including phenoxy) is 1. The molecule has 1 fully saturated rings. The highest BCUT2D eigenvalue weighted by Gasteiger charge is 2.29. The predicted octanol–water partition coefficient (Wildman–Crippen LogP) is 3.10. The highest BCUT2D eigenvalue weighted by molar-refractivity contribution is 5.78. The van der Waals surface area contributed by atoms with Crippen molar-refractivity contribution < 1.29 is 18.7 Å². The number of likely N-dealkylation sites (tertiary alicyclic amines) is 1. The standard InChI is InChI=1S/C20H21FN2O3/c21-18-8-6-15(7-9-18)12-23-13-17(10-19(23)24)11-22-20(25)26-14-16-4-2-1-3-5-16/h1-9,17H,10-14H2,(H,22,25). The summed E-state index contributed by atoms with van der Waals surface area (Å²) < 4.78 is 18.1. The van der Waals surface area contributed by atoms with Gasteiger partial charge in [-0.05, 0) is 23.3 Å². The SMILES string of the molecule is O=C(NCC1CC(=O)N(Cc2ccc(F)cc2)C1)OCc1ccccc1. The van der Waals surface area contributed by atoms with Gasteiger partial charge in [0.25, 0.3) is 0 Å². The second-order valence-corrected chi connectivity index (χ2v) is 6.41. The second-order valence-electron chi connectivity index (χ2n) is 6.41. The molecular formula is C20H21FN2O3. The van der Waals surface area contributed by atoms with Gasteiger partial charge in [0, 0.05) is 32.0 Å². The van der Waals surface area contributed by atoms with Crippen LogP contribution in [0.4, 0.5) is 9.18 Å². The van der Waals surface area contributed by atoms with Gasteiger partial charge >= 0.3 is 6.09 Å². The number of carbonyl (C=O) groups excluding carboxylic acids is 2. The Labute approximate surface area is 151 Å². The molecule has 5 nitrogen and oxygen atoms in total. The summed E-state index contributed by atoms with van der Waals surface area (Å²) in [5.41, 5.74) is 1.81. The van der Waals surface area contributed by atoms with Crippen LogP contribution >= 0.6 is 0 Å². The summed E-state index contributed by atoms with van der Waals surface area (Å²) in [5.74, 6) is -0.205. The maximum absolute atomic E-state index is 13.0. The summed E-state index contributed by atoms with van der Waals surface area (Å²) in [6.07, 6.45) is -0.0987. The third-order valence-electron chi connectivity index (χ3n) is 4.33. The lowest BCUT2D eigenvalue weighted by Gasteiger charge is -2.17. The summed E-state index contributed by atoms with van der Waals surface area (Å²) in [7, 11) is 0. The van der Waals surface area contributed by atoms with Crippen LogP contribution in [-0.2, 0) is 22.7 Å². The van der Waals surface area contributed by atoms with E-state index in [2.05, 4.69) is 5.32 Å². The molecule has 3 rings (SSSR count). The van der Waals surface area contributed by atoms with Gasteiger partial charge in [-0.15, -0.1) is 0 Å². The molecule has 1 N–H and O–H groups in total. The molecule has 0 spiro atoms. The number of alkyl carbamates (subject to hydrolysis) is 1. The third-order valence-corrected chi connectivity index (χ3v) is 4.33. The number of hydrogen-bond donors (Lipinski definition) is 1. The lowest BCUT2D eigenvalue weighted by Crippen LogP contribution is -2.31. The zero-order valence-electron chi connectivity index (χ0n) is 14.4. The van der Waals surface area contributed by atoms with Gasteiger partial charge < -0.3 is 15.0 Å². The summed E-state index contributed by atoms with van der Waals surface area (Å²) in [4.78, 5) is 25.6. The van der Waals surface area contributed by atoms with E-state index < -0.39 is 6.09 Å². The maximum atomic E-state index is 13.0. The summed E-state index contributed by atoms with van der Waals surface area (Å²) in [6, 6.07) is 15.6. The minimum atomic E-state index is -0.488. The zero-order chi connectivity index (χ0) is 18.4. The number of amides is 2. The fourth-order valence-corrected chi connectivity index (χ4v) is 2.96. The minimum Gasteiger partial charge on any atom is -0.445 e. The minimum absolute atomic E-state index is 0.0405. The molecule has 0 aromatic heterocycles. The van der Waals surface area contributed by atoms with Crippen LogP contribution in [0.2, 0.25) is 0 Å². The van der Waals surface area contributed by atoms with Gasteiger partial charge in [-0.3, -0.25) is 4.79 Å². The summed E-state index contributed by atoms with van der Waals surface area (Å²) in [5, 5.41) is 2.72. The van der Waals surface area contributed by atoms with Crippen molar-refractivity contribution in [1.82, 2.24) is 10.2 Å². The van der Waals surface area contributed by atoms with Gasteiger partial charge in [0.05, 0.1) is 0 Å². The quantitative estimate of drug-likeness (QED) is 0.865. The molecule has 0 aliphatic carbocycles. The van der Waals surface area contributed by atoms with Gasteiger partial charge in [0.2, 0.25) is 5.91 Å². The molecule has 2 aromatic carbocycles. The van der Waals surface area contributed by atoms with Crippen LogP contribution < -0.4 is 5.32 Å². The third kappa shape index (κ3) is 5.05. The molecule has 2 aromatic rings. The van der Waals surface area contributed by atoms with Crippen LogP contribution in [-0.4, -0.2) is 30.0 Å². The number of nitrogens with one attached hydrogen (secondary N) is 1. The molecule has 2 amide bonds. The first kappa shape index (κ1) is 17.9. The summed E-state index contributed by atoms with van der Waals surface area (Å²) in [6.45, 7) is 1.62. The van der Waals surface area contributed by atoms with Gasteiger partial charge in [-0.2, -0.15) is 0 Å². The highest BCUT2D eigenvalue weighted by atomic mass is 19.1. The van der Waals surface area contributed by atoms with E-state index in [1.165, 1.54) is 12.1 Å². The number of benzene rings is 2. The Bertz CT molecular complexity index is 749. The van der Waals surface area contributed by atoms with Crippen LogP contribution in [0.1, 0.15) is 17.5 Å². The normalized spacial score (nSPS) is 16.6. The van der Waals surface area contributed by atoms with E-state index >= 15 is 0 Å². The fourth-order valence-electron chi connectivity index (χ4n) is 2.96. The Balaban J connectivity index is 1.41. The Hall–Kier alpha value is -2.89. The first-order chi connectivity index (χ1) is 12.6. The topological polar surface area (TPSA) is 58.6 Å². The molecule has 0 bridgehead atoms. The van der Waals surface area contributed by atoms with Gasteiger partial charge in [-0.1, -0.05) is 42.5 Å². The molecule has 1 saturated heterocycles. The van der Waals surface area contributed by atoms with E-state index in [0.29, 0.717) is 26.1 Å². The van der Waals surface area contributed by atoms with E-state index in [-0.39, 0.29) is 24.2 Å². The van der Waals surface area contributed by atoms with Crippen LogP contribution in [0.15, 0.2) is 54.6 Å². The van der Waals surface area contributed by atoms with E-state index in [9.17, 15) is 14.0 Å². The zero-order valence-corrected chi connectivity index (χ0v) is 14.4. The molecule has 1 aliphatic rings. The number of nitrogens with zero attached hydrogens (tertiary/aromatic N) is 1. The molecule has 1 aliphatic heterocycles. The lowest BCUT2D eigenvalue weighted by molar-refractivity contribution is -0.128. The van der Waals surface area contributed by atoms with Crippen LogP contribution in [0, 0.1) is 11.7 Å². The van der Waals surface area contributed by atoms with Crippen molar-refractivity contribution >= 4 is 12.0 Å². The highest BCUT2D eigenvalue weighted by Crippen LogP contribution is 2.20. The van der Waals surface area contributed by atoms with Crippen molar-refractivity contribution in [3.8, 4) is 0 Å². The van der Waals surface area contributed by atoms with Crippen LogP contribution in [0.5, 0.6) is 0 Å². The smallest absolute Gasteiger partial charge is 0.407 e. The molecule has 26 heavy (non-hydrogen) atoms. The first-order valence-corrected chi connectivity index (χ1v) is 8.57. The Morgan fingerprint density at radius 2 is 1.85 bits per heavy atom. The molecule has 0 saturated carbocycles. The molecule has 6 heteroatoms. The van der Waals surface area contributed by atoms with Crippen molar-refractivity contribution in [3.05, 3.63) is 71.5 Å². The van der Waals surface area contributed by atoms with E-state index in [4.69, 9.17) is 4.74 Å². The van der Waals surface area contributed by atoms with Crippen molar-refractivity contribution in [1.29, 1.82) is 0 Å². The maximum Gasteiger partial charge on any atom is 0.407 e. The lowest BCUT2D eigenvalue weighted by atomic mass is 10.1. The monoisotopic (exact) mass is 356 g/mol. The van der Waals surface area contributed by atoms with E-state index in [0.717, 1.165) is 11.1 Å². The predicted molar refractivity (Wildman–Crippen MR) is 94.6 cm³/mol. The number of halogens is 1. The number of hydrogen-bond acceptors (Lipinski definition) is 3. The van der Waals surface area contributed by atoms with Crippen molar-refractivity contribution in [2.45, 2.75) is 19.6 Å². The molecular weight excluding hydrogens is 335 g/mol. The van der Waals surface area contributed by atoms with Gasteiger partial charge in [-0.25, -0.2) is 9.18 Å². The van der Waals surface area contributed by atoms with E-state index in [1.54, 1.807) is 17.0 Å². The van der Waals surface area contributed by atoms with Crippen molar-refractivity contribution in [2.24, 2.45) is 5.92 Å². The molecule has 1 heterocycles. The van der Waals surface area contributed by atoms with Crippen LogP contribution in [0.3, 0.4) is 0 Å². The molecule has 1 unspecified atom stereocenters. The summed E-state index contributed by atoms with van der Waals surface area (Å²) >= 11 is 0. The Morgan fingerprint density at radius 1 is 1.12 bits per heavy atom. The van der Waals surface area contributed by atoms with Gasteiger partial charge in [0.15, 0.2) is 0 Å². The van der Waals surface area contributed by atoms with Crippen LogP contribution in [0.25, 0.3) is 0 Å². The second kappa shape index (κ2) is 8.47. The van der Waals surface area contributed by atoms with E-state index in [1.807, 2.05) is 30.3 Å². The average molecular weight is 356 g/mol.